The minimum Gasteiger partial charge on any atom is -0.466 e. The van der Waals surface area contributed by atoms with Crippen LogP contribution in [-0.4, -0.2) is 96.1 Å². The molecule has 432 valence electrons. The summed E-state index contributed by atoms with van der Waals surface area (Å²) in [7, 11) is 0. The average Bonchev–Trinajstić information content (AvgIpc) is 3.39. The SMILES string of the molecule is CCCCCCCCCOC(=O)CCCCCCCN(CCCCCCCC(=O)OC(CCCCCCCC)CCCCCCCC)C1=C(NCCN(CCCCCCCC)CCCCCCCC)C(O)C1O. The lowest BCUT2D eigenvalue weighted by Crippen LogP contribution is -2.53. The number of nitrogens with one attached hydrogen (secondary N) is 1. The molecule has 0 amide bonds. The van der Waals surface area contributed by atoms with E-state index in [2.05, 4.69) is 49.7 Å². The number of ether oxygens (including phenoxy) is 2. The number of aliphatic hydroxyl groups excluding tert-OH is 2. The molecule has 73 heavy (non-hydrogen) atoms. The molecule has 0 radical (unpaired) electrons. The molecule has 9 heteroatoms. The van der Waals surface area contributed by atoms with Crippen LogP contribution in [0.25, 0.3) is 0 Å². The van der Waals surface area contributed by atoms with Crippen LogP contribution in [0.2, 0.25) is 0 Å². The van der Waals surface area contributed by atoms with Gasteiger partial charge >= 0.3 is 11.9 Å². The van der Waals surface area contributed by atoms with Gasteiger partial charge in [0.1, 0.15) is 18.3 Å². The summed E-state index contributed by atoms with van der Waals surface area (Å²) in [6.07, 6.45) is 50.8. The Morgan fingerprint density at radius 3 is 1.22 bits per heavy atom. The zero-order valence-electron chi connectivity index (χ0n) is 49.4. The van der Waals surface area contributed by atoms with Crippen molar-refractivity contribution in [3.05, 3.63) is 11.4 Å². The molecule has 0 aromatic carbocycles. The van der Waals surface area contributed by atoms with Crippen LogP contribution in [0.3, 0.4) is 0 Å². The molecule has 3 N–H and O–H groups in total. The van der Waals surface area contributed by atoms with Gasteiger partial charge in [-0.3, -0.25) is 9.59 Å². The van der Waals surface area contributed by atoms with Gasteiger partial charge in [0.15, 0.2) is 0 Å². The topological polar surface area (TPSA) is 112 Å². The van der Waals surface area contributed by atoms with Gasteiger partial charge in [0, 0.05) is 39.0 Å². The fourth-order valence-corrected chi connectivity index (χ4v) is 10.7. The molecular formula is C64H125N3O6. The Morgan fingerprint density at radius 1 is 0.425 bits per heavy atom. The molecular weight excluding hydrogens is 907 g/mol. The first kappa shape index (κ1) is 69.2. The van der Waals surface area contributed by atoms with Crippen molar-refractivity contribution in [1.82, 2.24) is 15.1 Å². The second-order valence-electron chi connectivity index (χ2n) is 22.6. The van der Waals surface area contributed by atoms with Crippen LogP contribution >= 0.6 is 0 Å². The molecule has 0 aliphatic heterocycles. The summed E-state index contributed by atoms with van der Waals surface area (Å²) < 4.78 is 11.7. The third-order valence-electron chi connectivity index (χ3n) is 15.6. The average molecular weight is 1030 g/mol. The first-order chi connectivity index (χ1) is 35.8. The zero-order chi connectivity index (χ0) is 53.1. The number of esters is 2. The van der Waals surface area contributed by atoms with Crippen molar-refractivity contribution in [2.45, 2.75) is 342 Å². The Morgan fingerprint density at radius 2 is 0.781 bits per heavy atom. The van der Waals surface area contributed by atoms with E-state index in [0.29, 0.717) is 19.4 Å². The maximum absolute atomic E-state index is 13.1. The Labute approximate surface area is 453 Å². The van der Waals surface area contributed by atoms with Crippen molar-refractivity contribution in [2.75, 3.05) is 45.9 Å². The van der Waals surface area contributed by atoms with E-state index in [1.807, 2.05) is 0 Å². The molecule has 0 saturated carbocycles. The summed E-state index contributed by atoms with van der Waals surface area (Å²) in [4.78, 5) is 30.4. The van der Waals surface area contributed by atoms with E-state index in [-0.39, 0.29) is 18.0 Å². The van der Waals surface area contributed by atoms with Crippen LogP contribution in [0.4, 0.5) is 0 Å². The lowest BCUT2D eigenvalue weighted by atomic mass is 9.91. The molecule has 2 unspecified atom stereocenters. The van der Waals surface area contributed by atoms with Gasteiger partial charge in [-0.25, -0.2) is 0 Å². The molecule has 0 aromatic heterocycles. The van der Waals surface area contributed by atoms with Gasteiger partial charge in [-0.15, -0.1) is 0 Å². The van der Waals surface area contributed by atoms with E-state index in [1.54, 1.807) is 0 Å². The molecule has 2 atom stereocenters. The number of unbranched alkanes of at least 4 members (excludes halogenated alkanes) is 34. The lowest BCUT2D eigenvalue weighted by molar-refractivity contribution is -0.150. The van der Waals surface area contributed by atoms with Crippen molar-refractivity contribution < 1.29 is 29.3 Å². The fourth-order valence-electron chi connectivity index (χ4n) is 10.7. The van der Waals surface area contributed by atoms with Crippen LogP contribution < -0.4 is 5.32 Å². The molecule has 0 bridgehead atoms. The molecule has 1 aliphatic rings. The summed E-state index contributed by atoms with van der Waals surface area (Å²) in [6.45, 7) is 17.6. The van der Waals surface area contributed by atoms with Crippen LogP contribution in [0.5, 0.6) is 0 Å². The van der Waals surface area contributed by atoms with Gasteiger partial charge in [-0.1, -0.05) is 240 Å². The normalized spacial score (nSPS) is 14.6. The number of hydrogen-bond acceptors (Lipinski definition) is 9. The Hall–Kier alpha value is -1.84. The Bertz CT molecular complexity index is 1220. The van der Waals surface area contributed by atoms with Gasteiger partial charge in [0.25, 0.3) is 0 Å². The molecule has 9 nitrogen and oxygen atoms in total. The van der Waals surface area contributed by atoms with E-state index in [1.165, 1.54) is 173 Å². The highest BCUT2D eigenvalue weighted by molar-refractivity contribution is 5.69. The minimum atomic E-state index is -0.871. The van der Waals surface area contributed by atoms with Gasteiger partial charge in [0.05, 0.1) is 18.0 Å². The van der Waals surface area contributed by atoms with Crippen molar-refractivity contribution in [2.24, 2.45) is 0 Å². The molecule has 1 rings (SSSR count). The van der Waals surface area contributed by atoms with E-state index in [9.17, 15) is 19.8 Å². The number of carbonyl (C=O) groups is 2. The maximum Gasteiger partial charge on any atom is 0.306 e. The Kier molecular flexibility index (Phi) is 49.5. The molecule has 1 aliphatic carbocycles. The minimum absolute atomic E-state index is 0.00990. The highest BCUT2D eigenvalue weighted by Gasteiger charge is 2.41. The monoisotopic (exact) mass is 1030 g/mol. The van der Waals surface area contributed by atoms with Crippen LogP contribution in [0.15, 0.2) is 11.4 Å². The first-order valence-electron chi connectivity index (χ1n) is 32.5. The summed E-state index contributed by atoms with van der Waals surface area (Å²) >= 11 is 0. The third-order valence-corrected chi connectivity index (χ3v) is 15.6. The maximum atomic E-state index is 13.1. The number of carbonyl (C=O) groups excluding carboxylic acids is 2. The number of hydrogen-bond donors (Lipinski definition) is 3. The zero-order valence-corrected chi connectivity index (χ0v) is 49.4. The third kappa shape index (κ3) is 40.1. The quantitative estimate of drug-likeness (QED) is 0.0405. The summed E-state index contributed by atoms with van der Waals surface area (Å²) in [5.41, 5.74) is 1.69. The second-order valence-corrected chi connectivity index (χ2v) is 22.6. The van der Waals surface area contributed by atoms with Gasteiger partial charge in [-0.2, -0.15) is 0 Å². The van der Waals surface area contributed by atoms with E-state index >= 15 is 0 Å². The summed E-state index contributed by atoms with van der Waals surface area (Å²) in [5.74, 6) is -0.0647. The van der Waals surface area contributed by atoms with Crippen LogP contribution in [0.1, 0.15) is 324 Å². The summed E-state index contributed by atoms with van der Waals surface area (Å²) in [5, 5.41) is 26.0. The smallest absolute Gasteiger partial charge is 0.306 e. The summed E-state index contributed by atoms with van der Waals surface area (Å²) in [6, 6.07) is 0. The fraction of sp³-hybridized carbons (Fsp3) is 0.938. The second kappa shape index (κ2) is 52.2. The Balaban J connectivity index is 2.77. The molecule has 0 aromatic rings. The van der Waals surface area contributed by atoms with Crippen molar-refractivity contribution in [1.29, 1.82) is 0 Å². The van der Waals surface area contributed by atoms with E-state index in [0.717, 1.165) is 153 Å². The molecule has 0 spiro atoms. The highest BCUT2D eigenvalue weighted by atomic mass is 16.5. The number of rotatable bonds is 58. The van der Waals surface area contributed by atoms with E-state index in [4.69, 9.17) is 9.47 Å². The van der Waals surface area contributed by atoms with Gasteiger partial charge in [0.2, 0.25) is 0 Å². The van der Waals surface area contributed by atoms with Gasteiger partial charge in [-0.05, 0) is 83.7 Å². The molecule has 0 saturated heterocycles. The number of aliphatic hydroxyl groups is 2. The first-order valence-corrected chi connectivity index (χ1v) is 32.5. The van der Waals surface area contributed by atoms with Crippen molar-refractivity contribution in [3.63, 3.8) is 0 Å². The van der Waals surface area contributed by atoms with Crippen LogP contribution in [0, 0.1) is 0 Å². The van der Waals surface area contributed by atoms with Crippen molar-refractivity contribution >= 4 is 11.9 Å². The largest absolute Gasteiger partial charge is 0.466 e. The lowest BCUT2D eigenvalue weighted by Gasteiger charge is -2.43. The van der Waals surface area contributed by atoms with Gasteiger partial charge < -0.3 is 34.8 Å². The van der Waals surface area contributed by atoms with Crippen molar-refractivity contribution in [3.8, 4) is 0 Å². The molecule has 0 fully saturated rings. The van der Waals surface area contributed by atoms with E-state index < -0.39 is 12.2 Å². The predicted molar refractivity (Wildman–Crippen MR) is 312 cm³/mol. The van der Waals surface area contributed by atoms with Crippen LogP contribution in [-0.2, 0) is 19.1 Å². The standard InChI is InChI=1S/C64H125N3O6/c1-6-11-16-21-26-37-46-57-72-59(68)49-40-31-27-35-44-54-67(55-45-36-28-32-41-50-60(69)73-58(47-38-29-22-17-12-7-2)48-39-30-23-18-13-8-3)62-61(63(70)64(62)71)65-51-56-66(52-42-33-24-19-14-9-4)53-43-34-25-20-15-10-5/h58,63-65,70-71H,6-57H2,1-5H3. The predicted octanol–water partition coefficient (Wildman–Crippen LogP) is 17.2. The molecule has 0 heterocycles. The highest BCUT2D eigenvalue weighted by Crippen LogP contribution is 2.31. The number of nitrogens with zero attached hydrogens (tertiary/aromatic N) is 2.